The van der Waals surface area contributed by atoms with Crippen LogP contribution in [0.2, 0.25) is 0 Å². The zero-order valence-electron chi connectivity index (χ0n) is 20.6. The Morgan fingerprint density at radius 2 is 1.75 bits per heavy atom. The van der Waals surface area contributed by atoms with Gasteiger partial charge < -0.3 is 19.1 Å². The van der Waals surface area contributed by atoms with Crippen LogP contribution >= 0.6 is 0 Å². The molecular weight excluding hydrogens is 460 g/mol. The molecule has 0 N–H and O–H groups in total. The van der Waals surface area contributed by atoms with Crippen molar-refractivity contribution in [2.45, 2.75) is 26.4 Å². The number of amides is 1. The van der Waals surface area contributed by atoms with E-state index in [1.165, 1.54) is 10.7 Å². The summed E-state index contributed by atoms with van der Waals surface area (Å²) in [5.41, 5.74) is 2.33. The molecule has 1 fully saturated rings. The number of piperazine rings is 1. The van der Waals surface area contributed by atoms with Crippen LogP contribution in [0.5, 0.6) is 17.2 Å². The lowest BCUT2D eigenvalue weighted by Gasteiger charge is -2.36. The number of aromatic nitrogens is 2. The molecule has 1 amide bonds. The Morgan fingerprint density at radius 3 is 2.50 bits per heavy atom. The van der Waals surface area contributed by atoms with Crippen molar-refractivity contribution in [3.8, 4) is 28.5 Å². The number of carbonyl (C=O) groups excluding carboxylic acids is 1. The van der Waals surface area contributed by atoms with Crippen LogP contribution in [0.3, 0.4) is 0 Å². The molecule has 1 saturated heterocycles. The SMILES string of the molecule is CCOc1ccc(-c2ccc(=O)n(C(C)C(=O)N3CCN(Cc4ccc5c(c4)OCO5)CC3)n2)cc1. The van der Waals surface area contributed by atoms with E-state index in [0.717, 1.165) is 48.0 Å². The lowest BCUT2D eigenvalue weighted by atomic mass is 10.1. The van der Waals surface area contributed by atoms with Crippen molar-refractivity contribution >= 4 is 5.91 Å². The normalized spacial score (nSPS) is 16.1. The van der Waals surface area contributed by atoms with E-state index in [2.05, 4.69) is 10.00 Å². The monoisotopic (exact) mass is 490 g/mol. The predicted molar refractivity (Wildman–Crippen MR) is 134 cm³/mol. The Morgan fingerprint density at radius 1 is 1.00 bits per heavy atom. The van der Waals surface area contributed by atoms with E-state index in [1.54, 1.807) is 13.0 Å². The largest absolute Gasteiger partial charge is 0.494 e. The van der Waals surface area contributed by atoms with Gasteiger partial charge in [-0.2, -0.15) is 5.10 Å². The van der Waals surface area contributed by atoms with Crippen molar-refractivity contribution < 1.29 is 19.0 Å². The minimum absolute atomic E-state index is 0.101. The van der Waals surface area contributed by atoms with Gasteiger partial charge in [0.15, 0.2) is 11.5 Å². The highest BCUT2D eigenvalue weighted by atomic mass is 16.7. The van der Waals surface area contributed by atoms with Crippen molar-refractivity contribution in [2.24, 2.45) is 0 Å². The average molecular weight is 491 g/mol. The van der Waals surface area contributed by atoms with Crippen molar-refractivity contribution in [1.29, 1.82) is 0 Å². The minimum atomic E-state index is -0.694. The quantitative estimate of drug-likeness (QED) is 0.503. The van der Waals surface area contributed by atoms with Crippen LogP contribution in [0, 0.1) is 0 Å². The molecule has 1 atom stereocenters. The van der Waals surface area contributed by atoms with Gasteiger partial charge in [0.25, 0.3) is 5.56 Å². The molecule has 9 heteroatoms. The molecule has 2 aliphatic rings. The summed E-state index contributed by atoms with van der Waals surface area (Å²) in [5, 5.41) is 4.52. The number of nitrogens with zero attached hydrogens (tertiary/aromatic N) is 4. The summed E-state index contributed by atoms with van der Waals surface area (Å²) in [7, 11) is 0. The number of rotatable bonds is 7. The molecule has 1 unspecified atom stereocenters. The second-order valence-corrected chi connectivity index (χ2v) is 8.92. The highest BCUT2D eigenvalue weighted by molar-refractivity contribution is 5.80. The highest BCUT2D eigenvalue weighted by Crippen LogP contribution is 2.33. The van der Waals surface area contributed by atoms with Crippen LogP contribution in [-0.4, -0.2) is 65.1 Å². The fraction of sp³-hybridized carbons (Fsp3) is 0.370. The Balaban J connectivity index is 1.22. The summed E-state index contributed by atoms with van der Waals surface area (Å²) in [6.07, 6.45) is 0. The Kier molecular flexibility index (Phi) is 6.90. The van der Waals surface area contributed by atoms with Gasteiger partial charge in [0.05, 0.1) is 12.3 Å². The van der Waals surface area contributed by atoms with Crippen molar-refractivity contribution in [1.82, 2.24) is 19.6 Å². The lowest BCUT2D eigenvalue weighted by Crippen LogP contribution is -2.50. The smallest absolute Gasteiger partial charge is 0.267 e. The zero-order chi connectivity index (χ0) is 25.1. The first-order chi connectivity index (χ1) is 17.5. The summed E-state index contributed by atoms with van der Waals surface area (Å²) < 4.78 is 17.6. The fourth-order valence-electron chi connectivity index (χ4n) is 4.54. The first-order valence-corrected chi connectivity index (χ1v) is 12.2. The van der Waals surface area contributed by atoms with Gasteiger partial charge in [0.1, 0.15) is 11.8 Å². The van der Waals surface area contributed by atoms with Crippen molar-refractivity contribution in [2.75, 3.05) is 39.6 Å². The van der Waals surface area contributed by atoms with Crippen LogP contribution in [0.15, 0.2) is 59.4 Å². The standard InChI is InChI=1S/C27H30N4O5/c1-3-34-22-7-5-21(6-8-22)23-9-11-26(32)31(28-23)19(2)27(33)30-14-12-29(13-15-30)17-20-4-10-24-25(16-20)36-18-35-24/h4-11,16,19H,3,12-15,17-18H2,1-2H3. The Hall–Kier alpha value is -3.85. The van der Waals surface area contributed by atoms with Gasteiger partial charge >= 0.3 is 0 Å². The van der Waals surface area contributed by atoms with Crippen LogP contribution in [0.1, 0.15) is 25.5 Å². The van der Waals surface area contributed by atoms with E-state index >= 15 is 0 Å². The molecule has 0 bridgehead atoms. The molecular formula is C27H30N4O5. The molecule has 0 aliphatic carbocycles. The van der Waals surface area contributed by atoms with Gasteiger partial charge in [-0.05, 0) is 61.9 Å². The zero-order valence-corrected chi connectivity index (χ0v) is 20.6. The van der Waals surface area contributed by atoms with E-state index in [-0.39, 0.29) is 18.3 Å². The summed E-state index contributed by atoms with van der Waals surface area (Å²) in [5.74, 6) is 2.23. The van der Waals surface area contributed by atoms with Crippen LogP contribution in [0.25, 0.3) is 11.3 Å². The summed E-state index contributed by atoms with van der Waals surface area (Å²) in [6, 6.07) is 16.0. The highest BCUT2D eigenvalue weighted by Gasteiger charge is 2.27. The van der Waals surface area contributed by atoms with Crippen LogP contribution < -0.4 is 19.8 Å². The van der Waals surface area contributed by atoms with E-state index in [1.807, 2.05) is 54.3 Å². The van der Waals surface area contributed by atoms with Crippen LogP contribution in [-0.2, 0) is 11.3 Å². The number of ether oxygens (including phenoxy) is 3. The summed E-state index contributed by atoms with van der Waals surface area (Å²) in [6.45, 7) is 8.00. The Labute approximate surface area is 209 Å². The molecule has 5 rings (SSSR count). The third-order valence-electron chi connectivity index (χ3n) is 6.54. The molecule has 0 saturated carbocycles. The van der Waals surface area contributed by atoms with Crippen LogP contribution in [0.4, 0.5) is 0 Å². The predicted octanol–water partition coefficient (Wildman–Crippen LogP) is 2.94. The number of benzene rings is 2. The first kappa shape index (κ1) is 23.9. The number of carbonyl (C=O) groups is 1. The maximum absolute atomic E-state index is 13.3. The van der Waals surface area contributed by atoms with E-state index < -0.39 is 6.04 Å². The van der Waals surface area contributed by atoms with Gasteiger partial charge in [-0.3, -0.25) is 14.5 Å². The average Bonchev–Trinajstić information content (AvgIpc) is 3.37. The third kappa shape index (κ3) is 5.06. The molecule has 2 aliphatic heterocycles. The minimum Gasteiger partial charge on any atom is -0.494 e. The lowest BCUT2D eigenvalue weighted by molar-refractivity contribution is -0.136. The Bertz CT molecular complexity index is 1280. The van der Waals surface area contributed by atoms with Crippen molar-refractivity contribution in [3.05, 3.63) is 70.5 Å². The number of hydrogen-bond donors (Lipinski definition) is 0. The van der Waals surface area contributed by atoms with E-state index in [0.29, 0.717) is 25.4 Å². The maximum Gasteiger partial charge on any atom is 0.267 e. The summed E-state index contributed by atoms with van der Waals surface area (Å²) >= 11 is 0. The van der Waals surface area contributed by atoms with Gasteiger partial charge in [0, 0.05) is 44.4 Å². The third-order valence-corrected chi connectivity index (χ3v) is 6.54. The molecule has 2 aromatic carbocycles. The molecule has 0 radical (unpaired) electrons. The van der Waals surface area contributed by atoms with Crippen molar-refractivity contribution in [3.63, 3.8) is 0 Å². The topological polar surface area (TPSA) is 86.1 Å². The fourth-order valence-corrected chi connectivity index (χ4v) is 4.54. The van der Waals surface area contributed by atoms with Gasteiger partial charge in [-0.25, -0.2) is 4.68 Å². The van der Waals surface area contributed by atoms with E-state index in [9.17, 15) is 9.59 Å². The van der Waals surface area contributed by atoms with Gasteiger partial charge in [0.2, 0.25) is 12.7 Å². The summed E-state index contributed by atoms with van der Waals surface area (Å²) in [4.78, 5) is 30.0. The molecule has 0 spiro atoms. The van der Waals surface area contributed by atoms with Gasteiger partial charge in [-0.1, -0.05) is 6.07 Å². The number of fused-ring (bicyclic) bond motifs is 1. The molecule has 36 heavy (non-hydrogen) atoms. The number of hydrogen-bond acceptors (Lipinski definition) is 7. The molecule has 1 aromatic heterocycles. The molecule has 3 heterocycles. The molecule has 188 valence electrons. The maximum atomic E-state index is 13.3. The second-order valence-electron chi connectivity index (χ2n) is 8.92. The first-order valence-electron chi connectivity index (χ1n) is 12.2. The van der Waals surface area contributed by atoms with Gasteiger partial charge in [-0.15, -0.1) is 0 Å². The molecule has 3 aromatic rings. The second kappa shape index (κ2) is 10.4. The molecule has 9 nitrogen and oxygen atoms in total. The van der Waals surface area contributed by atoms with E-state index in [4.69, 9.17) is 14.2 Å².